The first-order valence-corrected chi connectivity index (χ1v) is 6.44. The maximum Gasteiger partial charge on any atom is 0.199 e. The van der Waals surface area contributed by atoms with Crippen LogP contribution >= 0.6 is 0 Å². The second-order valence-electron chi connectivity index (χ2n) is 4.35. The van der Waals surface area contributed by atoms with Crippen LogP contribution < -0.4 is 0 Å². The van der Waals surface area contributed by atoms with Crippen molar-refractivity contribution in [2.75, 3.05) is 13.2 Å². The van der Waals surface area contributed by atoms with Gasteiger partial charge in [0.15, 0.2) is 6.29 Å². The van der Waals surface area contributed by atoms with Crippen LogP contribution in [0.25, 0.3) is 0 Å². The van der Waals surface area contributed by atoms with E-state index >= 15 is 0 Å². The van der Waals surface area contributed by atoms with Gasteiger partial charge in [-0.1, -0.05) is 30.3 Å². The van der Waals surface area contributed by atoms with Gasteiger partial charge in [-0.05, 0) is 18.6 Å². The Morgan fingerprint density at radius 2 is 2.11 bits per heavy atom. The Hall–Kier alpha value is -1.32. The second-order valence-corrected chi connectivity index (χ2v) is 4.35. The Kier molecular flexibility index (Phi) is 5.24. The highest BCUT2D eigenvalue weighted by Crippen LogP contribution is 2.19. The monoisotopic (exact) mass is 248 g/mol. The van der Waals surface area contributed by atoms with E-state index < -0.39 is 0 Å². The molecule has 0 saturated heterocycles. The van der Waals surface area contributed by atoms with E-state index in [1.807, 2.05) is 31.2 Å². The highest BCUT2D eigenvalue weighted by atomic mass is 16.7. The first-order chi connectivity index (χ1) is 8.88. The maximum atomic E-state index is 5.72. The summed E-state index contributed by atoms with van der Waals surface area (Å²) in [6, 6.07) is 10.2. The SMILES string of the molecule is CCO[C@@H]1C[C@H](COCc2ccccc2)C=CO1. The van der Waals surface area contributed by atoms with Crippen molar-refractivity contribution in [3.05, 3.63) is 48.2 Å². The number of ether oxygens (including phenoxy) is 3. The highest BCUT2D eigenvalue weighted by molar-refractivity contribution is 5.13. The molecule has 0 aromatic heterocycles. The molecule has 0 spiro atoms. The van der Waals surface area contributed by atoms with Crippen molar-refractivity contribution in [2.24, 2.45) is 5.92 Å². The summed E-state index contributed by atoms with van der Waals surface area (Å²) in [6.45, 7) is 4.02. The molecule has 0 N–H and O–H groups in total. The van der Waals surface area contributed by atoms with Gasteiger partial charge in [-0.3, -0.25) is 0 Å². The van der Waals surface area contributed by atoms with Gasteiger partial charge >= 0.3 is 0 Å². The summed E-state index contributed by atoms with van der Waals surface area (Å²) >= 11 is 0. The molecule has 1 aliphatic rings. The molecule has 2 rings (SSSR count). The van der Waals surface area contributed by atoms with Gasteiger partial charge in [0.2, 0.25) is 0 Å². The molecule has 0 bridgehead atoms. The van der Waals surface area contributed by atoms with Crippen molar-refractivity contribution in [1.29, 1.82) is 0 Å². The first kappa shape index (κ1) is 13.1. The second kappa shape index (κ2) is 7.19. The molecular weight excluding hydrogens is 228 g/mol. The Morgan fingerprint density at radius 3 is 2.89 bits per heavy atom. The first-order valence-electron chi connectivity index (χ1n) is 6.44. The lowest BCUT2D eigenvalue weighted by molar-refractivity contribution is -0.123. The van der Waals surface area contributed by atoms with Crippen molar-refractivity contribution in [3.63, 3.8) is 0 Å². The zero-order valence-electron chi connectivity index (χ0n) is 10.7. The topological polar surface area (TPSA) is 27.7 Å². The summed E-state index contributed by atoms with van der Waals surface area (Å²) in [5.74, 6) is 0.374. The van der Waals surface area contributed by atoms with Crippen molar-refractivity contribution in [2.45, 2.75) is 26.2 Å². The fraction of sp³-hybridized carbons (Fsp3) is 0.467. The predicted molar refractivity (Wildman–Crippen MR) is 69.8 cm³/mol. The molecular formula is C15H20O3. The summed E-state index contributed by atoms with van der Waals surface area (Å²) in [7, 11) is 0. The van der Waals surface area contributed by atoms with E-state index in [0.29, 0.717) is 25.7 Å². The van der Waals surface area contributed by atoms with Crippen LogP contribution in [0.15, 0.2) is 42.7 Å². The van der Waals surface area contributed by atoms with E-state index in [2.05, 4.69) is 12.1 Å². The third kappa shape index (κ3) is 4.17. The van der Waals surface area contributed by atoms with E-state index in [1.54, 1.807) is 6.26 Å². The fourth-order valence-electron chi connectivity index (χ4n) is 1.94. The smallest absolute Gasteiger partial charge is 0.199 e. The van der Waals surface area contributed by atoms with E-state index in [1.165, 1.54) is 5.56 Å². The van der Waals surface area contributed by atoms with Gasteiger partial charge < -0.3 is 14.2 Å². The van der Waals surface area contributed by atoms with Crippen molar-refractivity contribution in [3.8, 4) is 0 Å². The summed E-state index contributed by atoms with van der Waals surface area (Å²) in [5, 5.41) is 0. The Morgan fingerprint density at radius 1 is 1.28 bits per heavy atom. The molecule has 0 fully saturated rings. The molecule has 2 atom stereocenters. The number of benzene rings is 1. The standard InChI is InChI=1S/C15H20O3/c1-2-17-15-10-14(8-9-18-15)12-16-11-13-6-4-3-5-7-13/h3-9,14-15H,2,10-12H2,1H3/t14-,15+/m1/s1. The van der Waals surface area contributed by atoms with Crippen LogP contribution in [0.2, 0.25) is 0 Å². The summed E-state index contributed by atoms with van der Waals surface area (Å²) in [4.78, 5) is 0. The molecule has 1 aromatic carbocycles. The molecule has 18 heavy (non-hydrogen) atoms. The summed E-state index contributed by atoms with van der Waals surface area (Å²) in [6.07, 6.45) is 4.50. The van der Waals surface area contributed by atoms with Crippen LogP contribution in [-0.4, -0.2) is 19.5 Å². The number of rotatable bonds is 6. The Balaban J connectivity index is 1.70. The van der Waals surface area contributed by atoms with Gasteiger partial charge in [-0.25, -0.2) is 0 Å². The molecule has 98 valence electrons. The Bertz CT molecular complexity index is 361. The summed E-state index contributed by atoms with van der Waals surface area (Å²) in [5.41, 5.74) is 1.20. The molecule has 3 nitrogen and oxygen atoms in total. The quantitative estimate of drug-likeness (QED) is 0.774. The highest BCUT2D eigenvalue weighted by Gasteiger charge is 2.19. The average molecular weight is 248 g/mol. The zero-order chi connectivity index (χ0) is 12.6. The summed E-state index contributed by atoms with van der Waals surface area (Å²) < 4.78 is 16.5. The normalized spacial score (nSPS) is 22.7. The van der Waals surface area contributed by atoms with Crippen LogP contribution in [0.4, 0.5) is 0 Å². The van der Waals surface area contributed by atoms with E-state index in [9.17, 15) is 0 Å². The number of hydrogen-bond acceptors (Lipinski definition) is 3. The lowest BCUT2D eigenvalue weighted by Crippen LogP contribution is -2.24. The minimum Gasteiger partial charge on any atom is -0.473 e. The average Bonchev–Trinajstić information content (AvgIpc) is 2.41. The maximum absolute atomic E-state index is 5.72. The van der Waals surface area contributed by atoms with Gasteiger partial charge in [-0.2, -0.15) is 0 Å². The predicted octanol–water partition coefficient (Wildman–Crippen LogP) is 3.12. The van der Waals surface area contributed by atoms with Crippen LogP contribution in [0.3, 0.4) is 0 Å². The lowest BCUT2D eigenvalue weighted by Gasteiger charge is -2.24. The van der Waals surface area contributed by atoms with Crippen LogP contribution in [0, 0.1) is 5.92 Å². The molecule has 0 aliphatic carbocycles. The minimum absolute atomic E-state index is 0.120. The Labute approximate surface area is 108 Å². The van der Waals surface area contributed by atoms with Crippen LogP contribution in [0.1, 0.15) is 18.9 Å². The third-order valence-electron chi connectivity index (χ3n) is 2.87. The van der Waals surface area contributed by atoms with Gasteiger partial charge in [0, 0.05) is 18.9 Å². The molecule has 0 saturated carbocycles. The van der Waals surface area contributed by atoms with Crippen molar-refractivity contribution < 1.29 is 14.2 Å². The fourth-order valence-corrected chi connectivity index (χ4v) is 1.94. The molecule has 1 aromatic rings. The molecule has 0 unspecified atom stereocenters. The molecule has 0 amide bonds. The van der Waals surface area contributed by atoms with Gasteiger partial charge in [0.1, 0.15) is 0 Å². The zero-order valence-corrected chi connectivity index (χ0v) is 10.7. The number of hydrogen-bond donors (Lipinski definition) is 0. The van der Waals surface area contributed by atoms with E-state index in [4.69, 9.17) is 14.2 Å². The molecule has 0 radical (unpaired) electrons. The van der Waals surface area contributed by atoms with E-state index in [-0.39, 0.29) is 6.29 Å². The largest absolute Gasteiger partial charge is 0.473 e. The van der Waals surface area contributed by atoms with Crippen molar-refractivity contribution >= 4 is 0 Å². The van der Waals surface area contributed by atoms with Crippen molar-refractivity contribution in [1.82, 2.24) is 0 Å². The molecule has 1 heterocycles. The van der Waals surface area contributed by atoms with Gasteiger partial charge in [0.25, 0.3) is 0 Å². The molecule has 1 aliphatic heterocycles. The minimum atomic E-state index is -0.120. The third-order valence-corrected chi connectivity index (χ3v) is 2.87. The van der Waals surface area contributed by atoms with Gasteiger partial charge in [0.05, 0.1) is 19.5 Å². The van der Waals surface area contributed by atoms with Crippen LogP contribution in [-0.2, 0) is 20.8 Å². The van der Waals surface area contributed by atoms with Gasteiger partial charge in [-0.15, -0.1) is 0 Å². The van der Waals surface area contributed by atoms with E-state index in [0.717, 1.165) is 6.42 Å². The molecule has 3 heteroatoms. The van der Waals surface area contributed by atoms with Crippen LogP contribution in [0.5, 0.6) is 0 Å². The lowest BCUT2D eigenvalue weighted by atomic mass is 10.1.